The van der Waals surface area contributed by atoms with Gasteiger partial charge in [0.1, 0.15) is 6.04 Å². The van der Waals surface area contributed by atoms with Crippen LogP contribution >= 0.6 is 22.7 Å². The maximum Gasteiger partial charge on any atom is 0.326 e. The van der Waals surface area contributed by atoms with Crippen molar-refractivity contribution in [1.29, 1.82) is 0 Å². The van der Waals surface area contributed by atoms with Crippen molar-refractivity contribution < 1.29 is 9.90 Å². The van der Waals surface area contributed by atoms with Crippen LogP contribution in [0.15, 0.2) is 29.2 Å². The molecule has 84 valence electrons. The van der Waals surface area contributed by atoms with Crippen LogP contribution < -0.4 is 5.32 Å². The summed E-state index contributed by atoms with van der Waals surface area (Å²) in [7, 11) is 0. The summed E-state index contributed by atoms with van der Waals surface area (Å²) in [6, 6.07) is 3.25. The molecule has 0 aliphatic heterocycles. The molecule has 0 amide bonds. The molecule has 0 bridgehead atoms. The van der Waals surface area contributed by atoms with E-state index in [2.05, 4.69) is 10.3 Å². The Kier molecular flexibility index (Phi) is 3.66. The first kappa shape index (κ1) is 11.3. The van der Waals surface area contributed by atoms with Gasteiger partial charge in [-0.2, -0.15) is 0 Å². The third-order valence-corrected chi connectivity index (χ3v) is 3.76. The molecule has 16 heavy (non-hydrogen) atoms. The van der Waals surface area contributed by atoms with Gasteiger partial charge in [-0.15, -0.1) is 22.7 Å². The zero-order valence-corrected chi connectivity index (χ0v) is 9.92. The van der Waals surface area contributed by atoms with E-state index in [9.17, 15) is 4.79 Å². The number of aliphatic carboxylic acids is 1. The van der Waals surface area contributed by atoms with Crippen LogP contribution in [0.1, 0.15) is 15.8 Å². The molecule has 2 aromatic rings. The maximum absolute atomic E-state index is 11.1. The Hall–Kier alpha value is -1.24. The highest BCUT2D eigenvalue weighted by atomic mass is 32.1. The SMILES string of the molecule is O=C(O)C(NCc1cccs1)c1cncs1. The maximum atomic E-state index is 11.1. The Balaban J connectivity index is 2.02. The third-order valence-electron chi connectivity index (χ3n) is 2.04. The third kappa shape index (κ3) is 2.66. The predicted molar refractivity (Wildman–Crippen MR) is 63.6 cm³/mol. The number of rotatable bonds is 5. The van der Waals surface area contributed by atoms with Crippen LogP contribution in [0.5, 0.6) is 0 Å². The zero-order chi connectivity index (χ0) is 11.4. The van der Waals surface area contributed by atoms with Gasteiger partial charge >= 0.3 is 5.97 Å². The Morgan fingerprint density at radius 1 is 1.56 bits per heavy atom. The molecule has 2 rings (SSSR count). The van der Waals surface area contributed by atoms with Gasteiger partial charge in [0, 0.05) is 17.6 Å². The number of carboxylic acid groups (broad SMARTS) is 1. The fraction of sp³-hybridized carbons (Fsp3) is 0.200. The summed E-state index contributed by atoms with van der Waals surface area (Å²) in [6.45, 7) is 0.562. The molecular formula is C10H10N2O2S2. The van der Waals surface area contributed by atoms with Crippen LogP contribution in [0.2, 0.25) is 0 Å². The lowest BCUT2D eigenvalue weighted by molar-refractivity contribution is -0.139. The summed E-state index contributed by atoms with van der Waals surface area (Å²) >= 11 is 2.95. The highest BCUT2D eigenvalue weighted by Gasteiger charge is 2.20. The quantitative estimate of drug-likeness (QED) is 0.858. The molecule has 0 spiro atoms. The van der Waals surface area contributed by atoms with Crippen molar-refractivity contribution in [3.8, 4) is 0 Å². The van der Waals surface area contributed by atoms with E-state index in [1.807, 2.05) is 17.5 Å². The first-order valence-corrected chi connectivity index (χ1v) is 6.40. The van der Waals surface area contributed by atoms with Crippen LogP contribution in [0.3, 0.4) is 0 Å². The van der Waals surface area contributed by atoms with Crippen LogP contribution in [0, 0.1) is 0 Å². The minimum atomic E-state index is -0.874. The number of nitrogens with zero attached hydrogens (tertiary/aromatic N) is 1. The minimum Gasteiger partial charge on any atom is -0.480 e. The number of carbonyl (C=O) groups is 1. The number of hydrogen-bond donors (Lipinski definition) is 2. The van der Waals surface area contributed by atoms with Crippen molar-refractivity contribution in [1.82, 2.24) is 10.3 Å². The van der Waals surface area contributed by atoms with Gasteiger partial charge in [0.05, 0.1) is 10.4 Å². The number of thiophene rings is 1. The zero-order valence-electron chi connectivity index (χ0n) is 8.29. The summed E-state index contributed by atoms with van der Waals surface area (Å²) in [5.41, 5.74) is 1.64. The van der Waals surface area contributed by atoms with Gasteiger partial charge in [-0.3, -0.25) is 15.1 Å². The monoisotopic (exact) mass is 254 g/mol. The Morgan fingerprint density at radius 3 is 3.00 bits per heavy atom. The van der Waals surface area contributed by atoms with E-state index in [0.29, 0.717) is 6.54 Å². The Morgan fingerprint density at radius 2 is 2.44 bits per heavy atom. The van der Waals surface area contributed by atoms with Gasteiger partial charge in [-0.05, 0) is 11.4 Å². The highest BCUT2D eigenvalue weighted by Crippen LogP contribution is 2.18. The van der Waals surface area contributed by atoms with Crippen LogP contribution in [0.4, 0.5) is 0 Å². The summed E-state index contributed by atoms with van der Waals surface area (Å²) in [4.78, 5) is 16.8. The molecule has 1 atom stereocenters. The second kappa shape index (κ2) is 5.20. The number of hydrogen-bond acceptors (Lipinski definition) is 5. The highest BCUT2D eigenvalue weighted by molar-refractivity contribution is 7.10. The van der Waals surface area contributed by atoms with Crippen molar-refractivity contribution in [2.75, 3.05) is 0 Å². The molecule has 0 aliphatic carbocycles. The molecule has 0 aromatic carbocycles. The molecular weight excluding hydrogens is 244 g/mol. The second-order valence-electron chi connectivity index (χ2n) is 3.14. The first-order chi connectivity index (χ1) is 7.77. The lowest BCUT2D eigenvalue weighted by Gasteiger charge is -2.11. The van der Waals surface area contributed by atoms with Gasteiger partial charge < -0.3 is 5.11 Å². The molecule has 2 heterocycles. The summed E-state index contributed by atoms with van der Waals surface area (Å²) in [6.07, 6.45) is 1.59. The minimum absolute atomic E-state index is 0.562. The lowest BCUT2D eigenvalue weighted by Crippen LogP contribution is -2.27. The van der Waals surface area contributed by atoms with E-state index in [4.69, 9.17) is 5.11 Å². The normalized spacial score (nSPS) is 12.5. The van der Waals surface area contributed by atoms with Gasteiger partial charge in [0.25, 0.3) is 0 Å². The van der Waals surface area contributed by atoms with Crippen LogP contribution in [-0.4, -0.2) is 16.1 Å². The molecule has 0 aliphatic rings. The summed E-state index contributed by atoms with van der Waals surface area (Å²) < 4.78 is 0. The summed E-state index contributed by atoms with van der Waals surface area (Å²) in [5.74, 6) is -0.874. The Bertz CT molecular complexity index is 439. The van der Waals surface area contributed by atoms with Gasteiger partial charge in [-0.25, -0.2) is 0 Å². The van der Waals surface area contributed by atoms with E-state index in [0.717, 1.165) is 9.75 Å². The predicted octanol–water partition coefficient (Wildman–Crippen LogP) is 2.12. The molecule has 0 fully saturated rings. The topological polar surface area (TPSA) is 62.2 Å². The first-order valence-electron chi connectivity index (χ1n) is 4.64. The molecule has 1 unspecified atom stereocenters. The number of aromatic nitrogens is 1. The average molecular weight is 254 g/mol. The van der Waals surface area contributed by atoms with Gasteiger partial charge in [0.2, 0.25) is 0 Å². The largest absolute Gasteiger partial charge is 0.480 e. The fourth-order valence-corrected chi connectivity index (χ4v) is 2.63. The molecule has 6 heteroatoms. The molecule has 2 aromatic heterocycles. The molecule has 0 saturated carbocycles. The average Bonchev–Trinajstić information content (AvgIpc) is 2.88. The van der Waals surface area contributed by atoms with Gasteiger partial charge in [-0.1, -0.05) is 6.07 Å². The smallest absolute Gasteiger partial charge is 0.326 e. The standard InChI is InChI=1S/C10H10N2O2S2/c13-10(14)9(8-5-11-6-16-8)12-4-7-2-1-3-15-7/h1-3,5-6,9,12H,4H2,(H,13,14). The van der Waals surface area contributed by atoms with Crippen molar-refractivity contribution in [3.63, 3.8) is 0 Å². The molecule has 0 saturated heterocycles. The van der Waals surface area contributed by atoms with E-state index in [-0.39, 0.29) is 0 Å². The summed E-state index contributed by atoms with van der Waals surface area (Å²) in [5, 5.41) is 14.1. The molecule has 2 N–H and O–H groups in total. The van der Waals surface area contributed by atoms with Crippen LogP contribution in [-0.2, 0) is 11.3 Å². The second-order valence-corrected chi connectivity index (χ2v) is 5.09. The Labute approximate surface area is 101 Å². The van der Waals surface area contributed by atoms with E-state index >= 15 is 0 Å². The van der Waals surface area contributed by atoms with Crippen LogP contribution in [0.25, 0.3) is 0 Å². The molecule has 4 nitrogen and oxygen atoms in total. The van der Waals surface area contributed by atoms with Gasteiger partial charge in [0.15, 0.2) is 0 Å². The number of carboxylic acids is 1. The van der Waals surface area contributed by atoms with E-state index in [1.165, 1.54) is 11.3 Å². The van der Waals surface area contributed by atoms with Crippen molar-refractivity contribution in [3.05, 3.63) is 39.0 Å². The fourth-order valence-electron chi connectivity index (χ4n) is 1.29. The number of thiazole rings is 1. The molecule has 0 radical (unpaired) electrons. The van der Waals surface area contributed by atoms with Crippen molar-refractivity contribution in [2.24, 2.45) is 0 Å². The number of nitrogens with one attached hydrogen (secondary N) is 1. The van der Waals surface area contributed by atoms with E-state index < -0.39 is 12.0 Å². The van der Waals surface area contributed by atoms with Crippen molar-refractivity contribution >= 4 is 28.6 Å². The van der Waals surface area contributed by atoms with Crippen molar-refractivity contribution in [2.45, 2.75) is 12.6 Å². The lowest BCUT2D eigenvalue weighted by atomic mass is 10.2. The van der Waals surface area contributed by atoms with E-state index in [1.54, 1.807) is 23.0 Å².